The zero-order chi connectivity index (χ0) is 33.5. The van der Waals surface area contributed by atoms with E-state index in [1.54, 1.807) is 0 Å². The summed E-state index contributed by atoms with van der Waals surface area (Å²) < 4.78 is 2.94. The van der Waals surface area contributed by atoms with Crippen molar-refractivity contribution in [3.8, 4) is 11.3 Å². The van der Waals surface area contributed by atoms with Crippen LogP contribution in [0.5, 0.6) is 0 Å². The Morgan fingerprint density at radius 3 is 2.21 bits per heavy atom. The van der Waals surface area contributed by atoms with Crippen molar-refractivity contribution in [1.82, 2.24) is 4.90 Å². The molecule has 3 aromatic carbocycles. The van der Waals surface area contributed by atoms with Gasteiger partial charge in [-0.3, -0.25) is 0 Å². The Bertz CT molecular complexity index is 1820. The van der Waals surface area contributed by atoms with Crippen LogP contribution < -0.4 is 4.57 Å². The largest absolute Gasteiger partial charge is 0.239 e. The molecule has 250 valence electrons. The summed E-state index contributed by atoms with van der Waals surface area (Å²) in [6, 6.07) is 22.5. The van der Waals surface area contributed by atoms with E-state index in [0.29, 0.717) is 23.8 Å². The molecule has 1 fully saturated rings. The van der Waals surface area contributed by atoms with Crippen LogP contribution >= 0.6 is 0 Å². The summed E-state index contributed by atoms with van der Waals surface area (Å²) in [5, 5.41) is 4.33. The summed E-state index contributed by atoms with van der Waals surface area (Å²) in [4.78, 5) is 3.07. The first kappa shape index (κ1) is 32.8. The van der Waals surface area contributed by atoms with Gasteiger partial charge in [-0.1, -0.05) is 123 Å². The highest BCUT2D eigenvalue weighted by molar-refractivity contribution is 6.04. The molecule has 0 N–H and O–H groups in total. The lowest BCUT2D eigenvalue weighted by Crippen LogP contribution is -2.77. The summed E-state index contributed by atoms with van der Waals surface area (Å²) >= 11 is 0. The minimum absolute atomic E-state index is 0.109. The van der Waals surface area contributed by atoms with Gasteiger partial charge in [-0.15, -0.1) is 0 Å². The molecule has 1 saturated carbocycles. The van der Waals surface area contributed by atoms with Crippen molar-refractivity contribution in [3.63, 3.8) is 0 Å². The molecular formula is C45H61N2+. The van der Waals surface area contributed by atoms with Crippen molar-refractivity contribution >= 4 is 21.7 Å². The molecule has 4 atom stereocenters. The average molecular weight is 630 g/mol. The van der Waals surface area contributed by atoms with Gasteiger partial charge >= 0.3 is 0 Å². The lowest BCUT2D eigenvalue weighted by atomic mass is 9.61. The van der Waals surface area contributed by atoms with E-state index in [-0.39, 0.29) is 16.5 Å². The van der Waals surface area contributed by atoms with E-state index in [0.717, 1.165) is 13.0 Å². The van der Waals surface area contributed by atoms with Crippen LogP contribution in [0.25, 0.3) is 32.9 Å². The van der Waals surface area contributed by atoms with E-state index in [4.69, 9.17) is 0 Å². The second-order valence-electron chi connectivity index (χ2n) is 17.3. The van der Waals surface area contributed by atoms with Crippen LogP contribution in [-0.2, 0) is 22.9 Å². The molecule has 2 unspecified atom stereocenters. The number of aromatic nitrogens is 1. The third kappa shape index (κ3) is 4.70. The van der Waals surface area contributed by atoms with Crippen molar-refractivity contribution in [2.75, 3.05) is 6.54 Å². The predicted octanol–water partition coefficient (Wildman–Crippen LogP) is 11.5. The standard InChI is InChI=1S/C45H61N2/c1-11-29(3)26-33-19-17-23-39-35(33)27-38-42-41-37(25-24-32-18-16-22-36(40(32)41)43(38,6)7)44(8,9)45(10,47(39)42)46(28-31(5)30(4)12-2)34-20-14-13-15-21-34/h16-19,22-25,27,29-31,34H,11-15,20-21,26,28H2,1-10H3/q+1/t29?,30?,31-,45+/m1/s1. The van der Waals surface area contributed by atoms with Crippen LogP contribution in [-0.4, -0.2) is 17.5 Å². The number of pyridine rings is 1. The minimum atomic E-state index is -0.252. The molecule has 0 amide bonds. The van der Waals surface area contributed by atoms with Crippen molar-refractivity contribution in [1.29, 1.82) is 0 Å². The molecule has 7 rings (SSSR count). The van der Waals surface area contributed by atoms with E-state index in [9.17, 15) is 0 Å². The third-order valence-electron chi connectivity index (χ3n) is 14.0. The summed E-state index contributed by atoms with van der Waals surface area (Å²) in [5.41, 5.74) is 9.96. The molecule has 0 bridgehead atoms. The fourth-order valence-corrected chi connectivity index (χ4v) is 10.1. The Labute approximate surface area is 286 Å². The van der Waals surface area contributed by atoms with E-state index in [2.05, 4.69) is 133 Å². The molecule has 0 spiro atoms. The maximum atomic E-state index is 3.07. The quantitative estimate of drug-likeness (QED) is 0.167. The van der Waals surface area contributed by atoms with Gasteiger partial charge in [0.15, 0.2) is 0 Å². The van der Waals surface area contributed by atoms with Crippen molar-refractivity contribution in [2.24, 2.45) is 17.8 Å². The Morgan fingerprint density at radius 1 is 0.787 bits per heavy atom. The van der Waals surface area contributed by atoms with Crippen LogP contribution in [0.4, 0.5) is 0 Å². The van der Waals surface area contributed by atoms with E-state index >= 15 is 0 Å². The SMILES string of the molecule is CCC(C)Cc1cccc2c1cc1c3[n+]2[C@](C)(N(C[C@@H](C)C(C)CC)C2CCCCC2)C(C)(C)c2ccc4cccc(c4c2-3)C1(C)C. The van der Waals surface area contributed by atoms with E-state index < -0.39 is 0 Å². The summed E-state index contributed by atoms with van der Waals surface area (Å²) in [6.07, 6.45) is 10.3. The number of nitrogens with zero attached hydrogens (tertiary/aromatic N) is 2. The Kier molecular flexibility index (Phi) is 8.18. The average Bonchev–Trinajstić information content (AvgIpc) is 3.07. The van der Waals surface area contributed by atoms with Crippen LogP contribution in [0.3, 0.4) is 0 Å². The van der Waals surface area contributed by atoms with Gasteiger partial charge in [0.2, 0.25) is 16.9 Å². The number of fused-ring (bicyclic) bond motifs is 2. The number of hydrogen-bond donors (Lipinski definition) is 0. The van der Waals surface area contributed by atoms with Crippen molar-refractivity contribution in [3.05, 3.63) is 76.9 Å². The van der Waals surface area contributed by atoms with Gasteiger partial charge in [-0.2, -0.15) is 4.57 Å². The van der Waals surface area contributed by atoms with E-state index in [1.807, 2.05) is 0 Å². The monoisotopic (exact) mass is 629 g/mol. The maximum Gasteiger partial charge on any atom is 0.231 e. The number of rotatable bonds is 9. The van der Waals surface area contributed by atoms with Gasteiger partial charge < -0.3 is 0 Å². The molecule has 1 aliphatic heterocycles. The van der Waals surface area contributed by atoms with Crippen LogP contribution in [0, 0.1) is 17.8 Å². The lowest BCUT2D eigenvalue weighted by molar-refractivity contribution is -0.769. The van der Waals surface area contributed by atoms with Crippen LogP contribution in [0.15, 0.2) is 54.6 Å². The third-order valence-corrected chi connectivity index (χ3v) is 14.0. The Balaban J connectivity index is 1.64. The summed E-state index contributed by atoms with van der Waals surface area (Å²) in [6.45, 7) is 26.2. The molecule has 1 aromatic heterocycles. The fraction of sp³-hybridized carbons (Fsp3) is 0.578. The topological polar surface area (TPSA) is 7.12 Å². The molecule has 2 heteroatoms. The highest BCUT2D eigenvalue weighted by atomic mass is 15.4. The minimum Gasteiger partial charge on any atom is -0.239 e. The highest BCUT2D eigenvalue weighted by Crippen LogP contribution is 2.57. The molecule has 0 saturated heterocycles. The Morgan fingerprint density at radius 2 is 1.51 bits per heavy atom. The molecule has 47 heavy (non-hydrogen) atoms. The normalized spacial score (nSPS) is 23.3. The van der Waals surface area contributed by atoms with Gasteiger partial charge in [0.25, 0.3) is 0 Å². The predicted molar refractivity (Wildman–Crippen MR) is 201 cm³/mol. The highest BCUT2D eigenvalue weighted by Gasteiger charge is 2.63. The van der Waals surface area contributed by atoms with Crippen LogP contribution in [0.1, 0.15) is 136 Å². The molecule has 4 aromatic rings. The van der Waals surface area contributed by atoms with Gasteiger partial charge in [0.1, 0.15) is 0 Å². The first-order valence-electron chi connectivity index (χ1n) is 19.2. The first-order valence-corrected chi connectivity index (χ1v) is 19.2. The molecule has 2 nitrogen and oxygen atoms in total. The second-order valence-corrected chi connectivity index (χ2v) is 17.3. The van der Waals surface area contributed by atoms with Gasteiger partial charge in [0, 0.05) is 41.9 Å². The van der Waals surface area contributed by atoms with Gasteiger partial charge in [-0.25, -0.2) is 4.90 Å². The number of benzene rings is 3. The first-order chi connectivity index (χ1) is 22.4. The van der Waals surface area contributed by atoms with Gasteiger partial charge in [-0.05, 0) is 84.4 Å². The molecule has 2 aliphatic carbocycles. The van der Waals surface area contributed by atoms with Crippen molar-refractivity contribution in [2.45, 2.75) is 143 Å². The maximum absolute atomic E-state index is 3.07. The Hall–Kier alpha value is -2.71. The summed E-state index contributed by atoms with van der Waals surface area (Å²) in [5.74, 6) is 1.98. The molecule has 3 aliphatic rings. The summed E-state index contributed by atoms with van der Waals surface area (Å²) in [7, 11) is 0. The van der Waals surface area contributed by atoms with Gasteiger partial charge in [0.05, 0.1) is 11.0 Å². The zero-order valence-electron chi connectivity index (χ0n) is 31.3. The second kappa shape index (κ2) is 11.7. The van der Waals surface area contributed by atoms with Crippen molar-refractivity contribution < 1.29 is 4.57 Å². The lowest BCUT2D eigenvalue weighted by Gasteiger charge is -2.55. The smallest absolute Gasteiger partial charge is 0.231 e. The fourth-order valence-electron chi connectivity index (χ4n) is 10.1. The zero-order valence-corrected chi connectivity index (χ0v) is 31.3. The van der Waals surface area contributed by atoms with Crippen LogP contribution in [0.2, 0.25) is 0 Å². The number of hydrogen-bond acceptors (Lipinski definition) is 1. The molecular weight excluding hydrogens is 569 g/mol. The molecule has 2 heterocycles. The molecule has 0 radical (unpaired) electrons. The van der Waals surface area contributed by atoms with E-state index in [1.165, 1.54) is 100 Å².